The van der Waals surface area contributed by atoms with Crippen LogP contribution < -0.4 is 14.8 Å². The third kappa shape index (κ3) is 5.45. The molecule has 0 bridgehead atoms. The van der Waals surface area contributed by atoms with Crippen molar-refractivity contribution in [2.45, 2.75) is 26.5 Å². The van der Waals surface area contributed by atoms with Gasteiger partial charge in [-0.05, 0) is 67.4 Å². The number of methoxy groups -OCH3 is 1. The molecule has 0 aliphatic carbocycles. The quantitative estimate of drug-likeness (QED) is 0.443. The van der Waals surface area contributed by atoms with Gasteiger partial charge in [0.25, 0.3) is 5.91 Å². The van der Waals surface area contributed by atoms with Gasteiger partial charge in [0.15, 0.2) is 6.29 Å². The van der Waals surface area contributed by atoms with Crippen LogP contribution in [0.3, 0.4) is 0 Å². The molecule has 5 nitrogen and oxygen atoms in total. The Balaban J connectivity index is 1.80. The van der Waals surface area contributed by atoms with Crippen LogP contribution in [0.25, 0.3) is 11.1 Å². The average molecular weight is 456 g/mol. The van der Waals surface area contributed by atoms with Crippen molar-refractivity contribution in [2.24, 2.45) is 0 Å². The summed E-state index contributed by atoms with van der Waals surface area (Å²) in [5, 5.41) is 3.13. The number of benzene rings is 3. The van der Waals surface area contributed by atoms with E-state index in [9.17, 15) is 14.0 Å². The summed E-state index contributed by atoms with van der Waals surface area (Å²) in [4.78, 5) is 23.8. The maximum atomic E-state index is 13.7. The SMILES string of the molecule is COc1ccc(-c2ccc(F)c(C=O)c2)cc1CNC(=O)c1ccc(OC(C)C)cc1Cl. The Kier molecular flexibility index (Phi) is 7.49. The second-order valence-electron chi connectivity index (χ2n) is 7.37. The molecule has 0 saturated carbocycles. The molecule has 7 heteroatoms. The Hall–Kier alpha value is -3.38. The largest absolute Gasteiger partial charge is 0.496 e. The van der Waals surface area contributed by atoms with E-state index < -0.39 is 5.82 Å². The van der Waals surface area contributed by atoms with Crippen molar-refractivity contribution in [2.75, 3.05) is 7.11 Å². The fraction of sp³-hybridized carbons (Fsp3) is 0.200. The lowest BCUT2D eigenvalue weighted by Crippen LogP contribution is -2.23. The number of rotatable bonds is 8. The molecule has 0 radical (unpaired) electrons. The maximum absolute atomic E-state index is 13.7. The molecule has 0 unspecified atom stereocenters. The molecule has 1 amide bonds. The molecule has 0 aromatic heterocycles. The summed E-state index contributed by atoms with van der Waals surface area (Å²) in [5.41, 5.74) is 2.45. The average Bonchev–Trinajstić information content (AvgIpc) is 2.77. The molecule has 3 aromatic carbocycles. The molecule has 0 aliphatic rings. The smallest absolute Gasteiger partial charge is 0.253 e. The number of halogens is 2. The lowest BCUT2D eigenvalue weighted by molar-refractivity contribution is 0.0950. The molecule has 1 N–H and O–H groups in total. The van der Waals surface area contributed by atoms with E-state index >= 15 is 0 Å². The lowest BCUT2D eigenvalue weighted by atomic mass is 10.0. The van der Waals surface area contributed by atoms with Gasteiger partial charge in [0.1, 0.15) is 17.3 Å². The number of nitrogens with one attached hydrogen (secondary N) is 1. The van der Waals surface area contributed by atoms with Crippen LogP contribution in [-0.4, -0.2) is 25.4 Å². The van der Waals surface area contributed by atoms with Gasteiger partial charge in [-0.15, -0.1) is 0 Å². The van der Waals surface area contributed by atoms with Gasteiger partial charge in [-0.3, -0.25) is 9.59 Å². The molecule has 0 aliphatic heterocycles. The zero-order chi connectivity index (χ0) is 23.3. The highest BCUT2D eigenvalue weighted by Gasteiger charge is 2.14. The van der Waals surface area contributed by atoms with E-state index in [1.54, 1.807) is 36.4 Å². The predicted molar refractivity (Wildman–Crippen MR) is 122 cm³/mol. The van der Waals surface area contributed by atoms with Crippen molar-refractivity contribution < 1.29 is 23.5 Å². The van der Waals surface area contributed by atoms with Crippen LogP contribution in [0, 0.1) is 5.82 Å². The summed E-state index contributed by atoms with van der Waals surface area (Å²) in [5.74, 6) is 0.249. The number of carbonyl (C=O) groups is 2. The van der Waals surface area contributed by atoms with Crippen molar-refractivity contribution in [1.82, 2.24) is 5.32 Å². The first-order chi connectivity index (χ1) is 15.3. The number of amides is 1. The maximum Gasteiger partial charge on any atom is 0.253 e. The highest BCUT2D eigenvalue weighted by molar-refractivity contribution is 6.34. The monoisotopic (exact) mass is 455 g/mol. The summed E-state index contributed by atoms with van der Waals surface area (Å²) >= 11 is 6.27. The summed E-state index contributed by atoms with van der Waals surface area (Å²) < 4.78 is 24.7. The minimum absolute atomic E-state index is 0.00537. The lowest BCUT2D eigenvalue weighted by Gasteiger charge is -2.14. The van der Waals surface area contributed by atoms with E-state index in [1.807, 2.05) is 19.9 Å². The Morgan fingerprint density at radius 2 is 1.81 bits per heavy atom. The number of hydrogen-bond acceptors (Lipinski definition) is 4. The van der Waals surface area contributed by atoms with E-state index in [2.05, 4.69) is 5.32 Å². The van der Waals surface area contributed by atoms with Gasteiger partial charge in [-0.1, -0.05) is 23.7 Å². The second kappa shape index (κ2) is 10.3. The standard InChI is InChI=1S/C25H23ClFNO4/c1-15(2)32-20-6-7-21(22(26)12-20)25(30)28-13-18-10-17(5-9-24(18)31-3)16-4-8-23(27)19(11-16)14-29/h4-12,14-15H,13H2,1-3H3,(H,28,30). The molecule has 3 rings (SSSR count). The molecule has 0 spiro atoms. The Morgan fingerprint density at radius 3 is 2.47 bits per heavy atom. The number of ether oxygens (including phenoxy) is 2. The van der Waals surface area contributed by atoms with E-state index in [0.717, 1.165) is 5.56 Å². The summed E-state index contributed by atoms with van der Waals surface area (Å²) in [6, 6.07) is 14.6. The van der Waals surface area contributed by atoms with Gasteiger partial charge < -0.3 is 14.8 Å². The highest BCUT2D eigenvalue weighted by Crippen LogP contribution is 2.28. The van der Waals surface area contributed by atoms with Crippen LogP contribution >= 0.6 is 11.6 Å². The predicted octanol–water partition coefficient (Wildman–Crippen LogP) is 5.68. The van der Waals surface area contributed by atoms with Crippen LogP contribution in [0.1, 0.15) is 40.1 Å². The molecule has 0 heterocycles. The molecule has 166 valence electrons. The molecule has 0 saturated heterocycles. The molecule has 32 heavy (non-hydrogen) atoms. The first-order valence-electron chi connectivity index (χ1n) is 9.98. The Morgan fingerprint density at radius 1 is 1.09 bits per heavy atom. The van der Waals surface area contributed by atoms with Crippen molar-refractivity contribution in [3.8, 4) is 22.6 Å². The molecule has 3 aromatic rings. The minimum atomic E-state index is -0.577. The number of aldehydes is 1. The van der Waals surface area contributed by atoms with E-state index in [1.165, 1.54) is 19.2 Å². The van der Waals surface area contributed by atoms with Crippen LogP contribution in [0.5, 0.6) is 11.5 Å². The van der Waals surface area contributed by atoms with E-state index in [0.29, 0.717) is 34.5 Å². The molecular weight excluding hydrogens is 433 g/mol. The highest BCUT2D eigenvalue weighted by atomic mass is 35.5. The van der Waals surface area contributed by atoms with Gasteiger partial charge in [-0.25, -0.2) is 4.39 Å². The second-order valence-corrected chi connectivity index (χ2v) is 7.78. The summed E-state index contributed by atoms with van der Waals surface area (Å²) in [6.45, 7) is 3.99. The van der Waals surface area contributed by atoms with Gasteiger partial charge in [0.2, 0.25) is 0 Å². The minimum Gasteiger partial charge on any atom is -0.496 e. The third-order valence-corrected chi connectivity index (χ3v) is 5.05. The molecule has 0 atom stereocenters. The van der Waals surface area contributed by atoms with Gasteiger partial charge in [0.05, 0.1) is 29.4 Å². The van der Waals surface area contributed by atoms with Crippen LogP contribution in [-0.2, 0) is 6.54 Å². The van der Waals surface area contributed by atoms with E-state index in [-0.39, 0.29) is 29.1 Å². The van der Waals surface area contributed by atoms with Crippen molar-refractivity contribution in [3.05, 3.63) is 82.1 Å². The van der Waals surface area contributed by atoms with Crippen LogP contribution in [0.15, 0.2) is 54.6 Å². The summed E-state index contributed by atoms with van der Waals surface area (Å²) in [7, 11) is 1.53. The number of hydrogen-bond donors (Lipinski definition) is 1. The molecule has 0 fully saturated rings. The Bertz CT molecular complexity index is 1150. The van der Waals surface area contributed by atoms with E-state index in [4.69, 9.17) is 21.1 Å². The fourth-order valence-corrected chi connectivity index (χ4v) is 3.46. The third-order valence-electron chi connectivity index (χ3n) is 4.73. The van der Waals surface area contributed by atoms with Crippen LogP contribution in [0.2, 0.25) is 5.02 Å². The normalized spacial score (nSPS) is 10.7. The van der Waals surface area contributed by atoms with Gasteiger partial charge in [-0.2, -0.15) is 0 Å². The molecular formula is C25H23ClFNO4. The first kappa shape index (κ1) is 23.3. The number of carbonyl (C=O) groups excluding carboxylic acids is 2. The van der Waals surface area contributed by atoms with Crippen molar-refractivity contribution in [3.63, 3.8) is 0 Å². The fourth-order valence-electron chi connectivity index (χ4n) is 3.21. The van der Waals surface area contributed by atoms with Crippen molar-refractivity contribution in [1.29, 1.82) is 0 Å². The van der Waals surface area contributed by atoms with Gasteiger partial charge >= 0.3 is 0 Å². The van der Waals surface area contributed by atoms with Crippen molar-refractivity contribution >= 4 is 23.8 Å². The van der Waals surface area contributed by atoms with Gasteiger partial charge in [0, 0.05) is 12.1 Å². The zero-order valence-electron chi connectivity index (χ0n) is 17.9. The van der Waals surface area contributed by atoms with Crippen LogP contribution in [0.4, 0.5) is 4.39 Å². The Labute approximate surface area is 191 Å². The topological polar surface area (TPSA) is 64.6 Å². The summed E-state index contributed by atoms with van der Waals surface area (Å²) in [6.07, 6.45) is 0.472. The first-order valence-corrected chi connectivity index (χ1v) is 10.4. The zero-order valence-corrected chi connectivity index (χ0v) is 18.7.